The number of rotatable bonds is 14. The number of aromatic hydroxyl groups is 1. The number of β-amino-alcohol motifs (C(OH)–C–C–N with tert-alkyl or cyclic N) is 1. The number of aryl methyl sites for hydroxylation is 1. The van der Waals surface area contributed by atoms with Gasteiger partial charge in [0.2, 0.25) is 23.7 Å². The van der Waals surface area contributed by atoms with Crippen molar-refractivity contribution in [3.63, 3.8) is 0 Å². The third-order valence-electron chi connectivity index (χ3n) is 14.9. The molecule has 0 saturated carbocycles. The van der Waals surface area contributed by atoms with E-state index in [1.165, 1.54) is 4.90 Å². The average molecular weight is 998 g/mol. The minimum Gasteiger partial charge on any atom is -0.507 e. The molecular weight excluding hydrogens is 935 g/mol. The van der Waals surface area contributed by atoms with Crippen molar-refractivity contribution in [1.82, 2.24) is 50.0 Å². The van der Waals surface area contributed by atoms with Gasteiger partial charge < -0.3 is 40.6 Å². The Labute approximate surface area is 422 Å². The molecule has 4 aliphatic heterocycles. The number of carbonyl (C=O) groups is 2. The number of aliphatic hydroxyl groups is 1. The number of nitrogens with one attached hydrogen (secondary N) is 1. The Morgan fingerprint density at radius 1 is 0.972 bits per heavy atom. The first-order valence-electron chi connectivity index (χ1n) is 25.1. The number of aromatic nitrogens is 7. The molecule has 1 unspecified atom stereocenters. The van der Waals surface area contributed by atoms with Gasteiger partial charge in [0.15, 0.2) is 11.3 Å². The molecule has 19 nitrogen and oxygen atoms in total. The molecule has 20 heteroatoms. The number of carbonyl (C=O) groups excluding carboxylic acids is 2. The SMILES string of the molecule is Cc1ncsc1-c1ccc([C@H](C)NC(=O)[C@@H]2C[C@@H](O)CN2C(=O)[C@@H](C(C)C)C2CC(OCCN3CCC(c4cnc(N5CCC(n6nc(N)c7nnc(-c8ccccc8O)cc76)CC5)nc4)CC3)=NO2)cc1. The van der Waals surface area contributed by atoms with Crippen molar-refractivity contribution in [2.45, 2.75) is 102 Å². The smallest absolute Gasteiger partial charge is 0.243 e. The normalized spacial score (nSPS) is 21.0. The van der Waals surface area contributed by atoms with E-state index >= 15 is 0 Å². The van der Waals surface area contributed by atoms with Gasteiger partial charge in [-0.05, 0) is 99.3 Å². The first kappa shape index (κ1) is 48.8. The second kappa shape index (κ2) is 21.1. The van der Waals surface area contributed by atoms with Crippen LogP contribution in [0.5, 0.6) is 5.75 Å². The number of thiazole rings is 1. The van der Waals surface area contributed by atoms with Crippen LogP contribution in [-0.2, 0) is 19.2 Å². The first-order chi connectivity index (χ1) is 34.9. The van der Waals surface area contributed by atoms with Crippen molar-refractivity contribution in [1.29, 1.82) is 0 Å². The number of hydrogen-bond acceptors (Lipinski definition) is 17. The highest BCUT2D eigenvalue weighted by molar-refractivity contribution is 7.13. The molecule has 0 aliphatic carbocycles. The van der Waals surface area contributed by atoms with Crippen LogP contribution in [-0.4, -0.2) is 137 Å². The van der Waals surface area contributed by atoms with Crippen LogP contribution in [0.3, 0.4) is 0 Å². The third-order valence-corrected chi connectivity index (χ3v) is 15.8. The molecule has 4 aromatic heterocycles. The predicted molar refractivity (Wildman–Crippen MR) is 274 cm³/mol. The lowest BCUT2D eigenvalue weighted by Crippen LogP contribution is -2.51. The van der Waals surface area contributed by atoms with Crippen molar-refractivity contribution in [2.24, 2.45) is 17.0 Å². The van der Waals surface area contributed by atoms with E-state index in [1.54, 1.807) is 23.5 Å². The molecule has 378 valence electrons. The fourth-order valence-corrected chi connectivity index (χ4v) is 11.6. The largest absolute Gasteiger partial charge is 0.507 e. The van der Waals surface area contributed by atoms with Crippen LogP contribution >= 0.6 is 11.3 Å². The highest BCUT2D eigenvalue weighted by Gasteiger charge is 2.46. The molecule has 0 spiro atoms. The standard InChI is InChI=1S/C52H63N13O6S/c1-30(2)46(51(69)64-28-38(66)23-42(64)50(68)57-31(3)33-9-11-35(12-10-33)48-32(4)56-29-72-48)44-25-45(61-71-44)70-22-21-62-17-13-34(14-18-62)36-26-54-52(55-27-36)63-19-15-37(16-20-63)65-41-24-40(39-7-5-6-8-43(39)67)58-59-47(41)49(53)60-65/h5-12,24,26-27,29-31,34,37-38,42,44,46,66-67H,13-23,25,28H2,1-4H3,(H2,53,60)(H,57,68)/t31-,38+,42-,44?,46-/m0/s1. The van der Waals surface area contributed by atoms with Gasteiger partial charge in [0.1, 0.15) is 24.5 Å². The number of nitrogens with zero attached hydrogens (tertiary/aromatic N) is 11. The lowest BCUT2D eigenvalue weighted by Gasteiger charge is -2.33. The highest BCUT2D eigenvalue weighted by Crippen LogP contribution is 2.36. The van der Waals surface area contributed by atoms with Crippen LogP contribution in [0.4, 0.5) is 11.8 Å². The quantitative estimate of drug-likeness (QED) is 0.0944. The zero-order valence-electron chi connectivity index (χ0n) is 41.2. The number of phenolic OH excluding ortho intramolecular Hbond substituents is 1. The Kier molecular flexibility index (Phi) is 14.3. The van der Waals surface area contributed by atoms with Crippen molar-refractivity contribution in [2.75, 3.05) is 56.5 Å². The fourth-order valence-electron chi connectivity index (χ4n) is 10.8. The van der Waals surface area contributed by atoms with Crippen molar-refractivity contribution in [3.8, 4) is 27.4 Å². The van der Waals surface area contributed by atoms with Gasteiger partial charge in [-0.2, -0.15) is 5.10 Å². The van der Waals surface area contributed by atoms with Crippen LogP contribution < -0.4 is 16.0 Å². The minimum absolute atomic E-state index is 0.0780. The van der Waals surface area contributed by atoms with E-state index in [0.717, 1.165) is 97.1 Å². The number of phenols is 1. The fraction of sp³-hybridized carbons (Fsp3) is 0.481. The molecule has 8 heterocycles. The third kappa shape index (κ3) is 10.3. The van der Waals surface area contributed by atoms with Crippen LogP contribution in [0, 0.1) is 18.8 Å². The average Bonchev–Trinajstić information content (AvgIpc) is 4.21. The summed E-state index contributed by atoms with van der Waals surface area (Å²) in [6.45, 7) is 12.5. The van der Waals surface area contributed by atoms with E-state index in [-0.39, 0.29) is 48.5 Å². The number of hydrogen-bond donors (Lipinski definition) is 4. The molecule has 3 fully saturated rings. The summed E-state index contributed by atoms with van der Waals surface area (Å²) in [5, 5.41) is 41.8. The molecule has 5 atom stereocenters. The molecule has 2 aromatic carbocycles. The van der Waals surface area contributed by atoms with E-state index in [0.29, 0.717) is 47.4 Å². The number of ether oxygens (including phenoxy) is 1. The molecule has 10 rings (SSSR count). The summed E-state index contributed by atoms with van der Waals surface area (Å²) in [4.78, 5) is 55.1. The number of oxime groups is 1. The summed E-state index contributed by atoms with van der Waals surface area (Å²) in [5.74, 6) is 0.809. The number of para-hydroxylation sites is 1. The van der Waals surface area contributed by atoms with Crippen LogP contribution in [0.2, 0.25) is 0 Å². The molecule has 72 heavy (non-hydrogen) atoms. The number of fused-ring (bicyclic) bond motifs is 1. The number of nitrogen functional groups attached to an aromatic ring is 1. The van der Waals surface area contributed by atoms with Crippen LogP contribution in [0.15, 0.2) is 77.7 Å². The molecular formula is C52H63N13O6S. The highest BCUT2D eigenvalue weighted by atomic mass is 32.1. The van der Waals surface area contributed by atoms with Gasteiger partial charge in [-0.25, -0.2) is 15.0 Å². The van der Waals surface area contributed by atoms with E-state index in [4.69, 9.17) is 25.3 Å². The van der Waals surface area contributed by atoms with Crippen molar-refractivity contribution in [3.05, 3.63) is 89.3 Å². The lowest BCUT2D eigenvalue weighted by atomic mass is 9.87. The summed E-state index contributed by atoms with van der Waals surface area (Å²) in [5.41, 5.74) is 14.8. The molecule has 0 radical (unpaired) electrons. The Hall–Kier alpha value is -6.77. The van der Waals surface area contributed by atoms with E-state index in [2.05, 4.69) is 40.6 Å². The minimum atomic E-state index is -0.808. The van der Waals surface area contributed by atoms with E-state index in [9.17, 15) is 19.8 Å². The number of nitrogens with two attached hydrogens (primary N) is 1. The zero-order valence-corrected chi connectivity index (χ0v) is 42.0. The van der Waals surface area contributed by atoms with E-state index in [1.807, 2.05) is 92.7 Å². The maximum absolute atomic E-state index is 14.3. The van der Waals surface area contributed by atoms with Gasteiger partial charge in [0.25, 0.3) is 0 Å². The summed E-state index contributed by atoms with van der Waals surface area (Å²) >= 11 is 1.59. The molecule has 6 aromatic rings. The van der Waals surface area contributed by atoms with Gasteiger partial charge in [-0.1, -0.05) is 55.4 Å². The van der Waals surface area contributed by atoms with Gasteiger partial charge in [0.05, 0.1) is 57.8 Å². The molecule has 2 amide bonds. The Bertz CT molecular complexity index is 2890. The number of anilines is 2. The van der Waals surface area contributed by atoms with Crippen molar-refractivity contribution < 1.29 is 29.4 Å². The topological polar surface area (TPSA) is 235 Å². The van der Waals surface area contributed by atoms with Gasteiger partial charge in [0, 0.05) is 50.6 Å². The Morgan fingerprint density at radius 2 is 1.72 bits per heavy atom. The van der Waals surface area contributed by atoms with Gasteiger partial charge in [-0.15, -0.1) is 21.5 Å². The number of piperidine rings is 2. The summed E-state index contributed by atoms with van der Waals surface area (Å²) in [7, 11) is 0. The number of benzene rings is 2. The van der Waals surface area contributed by atoms with Crippen molar-refractivity contribution >= 4 is 51.8 Å². The molecule has 4 aliphatic rings. The Morgan fingerprint density at radius 3 is 2.43 bits per heavy atom. The number of amides is 2. The second-order valence-corrected chi connectivity index (χ2v) is 20.8. The maximum atomic E-state index is 14.3. The summed E-state index contributed by atoms with van der Waals surface area (Å²) < 4.78 is 8.09. The molecule has 3 saturated heterocycles. The van der Waals surface area contributed by atoms with Crippen LogP contribution in [0.25, 0.3) is 32.7 Å². The number of likely N-dealkylation sites (tertiary alicyclic amines) is 2. The summed E-state index contributed by atoms with van der Waals surface area (Å²) in [6, 6.07) is 16.0. The van der Waals surface area contributed by atoms with Gasteiger partial charge >= 0.3 is 0 Å². The maximum Gasteiger partial charge on any atom is 0.243 e. The second-order valence-electron chi connectivity index (χ2n) is 19.9. The summed E-state index contributed by atoms with van der Waals surface area (Å²) in [6.07, 6.45) is 6.75. The van der Waals surface area contributed by atoms with E-state index < -0.39 is 24.2 Å². The monoisotopic (exact) mass is 997 g/mol. The van der Waals surface area contributed by atoms with Crippen LogP contribution in [0.1, 0.15) is 94.1 Å². The Balaban J connectivity index is 0.659. The lowest BCUT2D eigenvalue weighted by molar-refractivity contribution is -0.147. The van der Waals surface area contributed by atoms with Gasteiger partial charge in [-0.3, -0.25) is 19.2 Å². The zero-order chi connectivity index (χ0) is 50.0. The number of aliphatic hydroxyl groups excluding tert-OH is 1. The molecule has 5 N–H and O–H groups in total. The first-order valence-corrected chi connectivity index (χ1v) is 26.0. The molecule has 0 bridgehead atoms. The predicted octanol–water partition coefficient (Wildman–Crippen LogP) is 6.25.